The standard InChI is InChI=1S/C14H21N5/c1-10-6-7-13(11(2)16-10)15-8-12-9-19(18-17-12)14(3,4)5/h6-7,9,15H,8H2,1-5H3. The van der Waals surface area contributed by atoms with E-state index in [9.17, 15) is 0 Å². The van der Waals surface area contributed by atoms with Gasteiger partial charge in [-0.05, 0) is 46.8 Å². The molecule has 0 spiro atoms. The summed E-state index contributed by atoms with van der Waals surface area (Å²) in [6.45, 7) is 11.0. The van der Waals surface area contributed by atoms with Crippen molar-refractivity contribution in [3.63, 3.8) is 0 Å². The highest BCUT2D eigenvalue weighted by Gasteiger charge is 2.14. The number of nitrogens with zero attached hydrogens (tertiary/aromatic N) is 4. The van der Waals surface area contributed by atoms with Crippen LogP contribution in [0.3, 0.4) is 0 Å². The van der Waals surface area contributed by atoms with Gasteiger partial charge in [0.05, 0.1) is 29.7 Å². The molecule has 5 nitrogen and oxygen atoms in total. The van der Waals surface area contributed by atoms with E-state index in [1.165, 1.54) is 0 Å². The summed E-state index contributed by atoms with van der Waals surface area (Å²) in [5, 5.41) is 11.7. The molecule has 5 heteroatoms. The van der Waals surface area contributed by atoms with Crippen molar-refractivity contribution in [2.45, 2.75) is 46.7 Å². The van der Waals surface area contributed by atoms with E-state index in [0.29, 0.717) is 6.54 Å². The van der Waals surface area contributed by atoms with Gasteiger partial charge in [-0.1, -0.05) is 5.21 Å². The third-order valence-electron chi connectivity index (χ3n) is 2.91. The molecule has 0 saturated heterocycles. The van der Waals surface area contributed by atoms with Gasteiger partial charge in [0.15, 0.2) is 0 Å². The second kappa shape index (κ2) is 4.99. The van der Waals surface area contributed by atoms with Gasteiger partial charge in [0.25, 0.3) is 0 Å². The topological polar surface area (TPSA) is 55.6 Å². The highest BCUT2D eigenvalue weighted by molar-refractivity contribution is 5.47. The number of anilines is 1. The van der Waals surface area contributed by atoms with Crippen molar-refractivity contribution in [2.75, 3.05) is 5.32 Å². The van der Waals surface area contributed by atoms with Gasteiger partial charge >= 0.3 is 0 Å². The van der Waals surface area contributed by atoms with Gasteiger partial charge in [-0.3, -0.25) is 4.98 Å². The minimum Gasteiger partial charge on any atom is -0.378 e. The van der Waals surface area contributed by atoms with Crippen molar-refractivity contribution >= 4 is 5.69 Å². The van der Waals surface area contributed by atoms with Gasteiger partial charge in [0.2, 0.25) is 0 Å². The van der Waals surface area contributed by atoms with Crippen LogP contribution in [0.2, 0.25) is 0 Å². The lowest BCUT2D eigenvalue weighted by Crippen LogP contribution is -2.22. The largest absolute Gasteiger partial charge is 0.378 e. The number of hydrogen-bond acceptors (Lipinski definition) is 4. The van der Waals surface area contributed by atoms with Gasteiger partial charge in [0.1, 0.15) is 5.69 Å². The fourth-order valence-electron chi connectivity index (χ4n) is 1.77. The molecule has 2 aromatic heterocycles. The van der Waals surface area contributed by atoms with Crippen molar-refractivity contribution in [2.24, 2.45) is 0 Å². The van der Waals surface area contributed by atoms with E-state index < -0.39 is 0 Å². The summed E-state index contributed by atoms with van der Waals surface area (Å²) >= 11 is 0. The van der Waals surface area contributed by atoms with Crippen LogP contribution in [-0.2, 0) is 12.1 Å². The Morgan fingerprint density at radius 2 is 1.95 bits per heavy atom. The Morgan fingerprint density at radius 3 is 2.53 bits per heavy atom. The van der Waals surface area contributed by atoms with Crippen LogP contribution in [0.4, 0.5) is 5.69 Å². The van der Waals surface area contributed by atoms with Crippen molar-refractivity contribution in [1.82, 2.24) is 20.0 Å². The Hall–Kier alpha value is -1.91. The summed E-state index contributed by atoms with van der Waals surface area (Å²) < 4.78 is 1.88. The third-order valence-corrected chi connectivity index (χ3v) is 2.91. The SMILES string of the molecule is Cc1ccc(NCc2cn(C(C)(C)C)nn2)c(C)n1. The first-order valence-corrected chi connectivity index (χ1v) is 6.46. The van der Waals surface area contributed by atoms with Crippen molar-refractivity contribution in [3.8, 4) is 0 Å². The lowest BCUT2D eigenvalue weighted by atomic mass is 10.1. The van der Waals surface area contributed by atoms with Crippen molar-refractivity contribution in [3.05, 3.63) is 35.4 Å². The van der Waals surface area contributed by atoms with Gasteiger partial charge < -0.3 is 5.32 Å². The maximum absolute atomic E-state index is 4.43. The summed E-state index contributed by atoms with van der Waals surface area (Å²) in [5.41, 5.74) is 3.96. The van der Waals surface area contributed by atoms with E-state index in [4.69, 9.17) is 0 Å². The molecule has 0 radical (unpaired) electrons. The first kappa shape index (κ1) is 13.5. The van der Waals surface area contributed by atoms with Gasteiger partial charge in [-0.2, -0.15) is 0 Å². The summed E-state index contributed by atoms with van der Waals surface area (Å²) in [6, 6.07) is 4.05. The fraction of sp³-hybridized carbons (Fsp3) is 0.500. The average Bonchev–Trinajstić information content (AvgIpc) is 2.76. The minimum atomic E-state index is -0.0351. The molecule has 19 heavy (non-hydrogen) atoms. The minimum absolute atomic E-state index is 0.0351. The average molecular weight is 259 g/mol. The van der Waals surface area contributed by atoms with Crippen LogP contribution in [0.25, 0.3) is 0 Å². The number of hydrogen-bond donors (Lipinski definition) is 1. The van der Waals surface area contributed by atoms with Crippen LogP contribution < -0.4 is 5.32 Å². The first-order chi connectivity index (χ1) is 8.86. The lowest BCUT2D eigenvalue weighted by molar-refractivity contribution is 0.347. The number of rotatable bonds is 3. The highest BCUT2D eigenvalue weighted by Crippen LogP contribution is 2.15. The smallest absolute Gasteiger partial charge is 0.102 e. The van der Waals surface area contributed by atoms with E-state index >= 15 is 0 Å². The monoisotopic (exact) mass is 259 g/mol. The summed E-state index contributed by atoms with van der Waals surface area (Å²) in [5.74, 6) is 0. The van der Waals surface area contributed by atoms with E-state index in [1.807, 2.05) is 36.9 Å². The predicted octanol–water partition coefficient (Wildman–Crippen LogP) is 2.66. The first-order valence-electron chi connectivity index (χ1n) is 6.46. The third kappa shape index (κ3) is 3.30. The molecule has 0 fully saturated rings. The second-order valence-corrected chi connectivity index (χ2v) is 5.76. The molecule has 0 amide bonds. The second-order valence-electron chi connectivity index (χ2n) is 5.76. The van der Waals surface area contributed by atoms with Crippen LogP contribution in [0.15, 0.2) is 18.3 Å². The molecular formula is C14H21N5. The molecule has 0 bridgehead atoms. The van der Waals surface area contributed by atoms with E-state index in [1.54, 1.807) is 0 Å². The van der Waals surface area contributed by atoms with Crippen molar-refractivity contribution in [1.29, 1.82) is 0 Å². The van der Waals surface area contributed by atoms with Crippen LogP contribution in [0.1, 0.15) is 37.9 Å². The van der Waals surface area contributed by atoms with Crippen LogP contribution in [0, 0.1) is 13.8 Å². The van der Waals surface area contributed by atoms with Crippen molar-refractivity contribution < 1.29 is 0 Å². The zero-order valence-corrected chi connectivity index (χ0v) is 12.2. The Labute approximate surface area is 114 Å². The van der Waals surface area contributed by atoms with E-state index in [2.05, 4.69) is 41.4 Å². The quantitative estimate of drug-likeness (QED) is 0.920. The molecule has 2 rings (SSSR count). The molecular weight excluding hydrogens is 238 g/mol. The molecule has 102 valence electrons. The van der Waals surface area contributed by atoms with Crippen LogP contribution >= 0.6 is 0 Å². The summed E-state index contributed by atoms with van der Waals surface area (Å²) in [6.07, 6.45) is 1.98. The van der Waals surface area contributed by atoms with Gasteiger partial charge in [-0.15, -0.1) is 5.10 Å². The highest BCUT2D eigenvalue weighted by atomic mass is 15.4. The molecule has 0 aliphatic rings. The zero-order chi connectivity index (χ0) is 14.0. The molecule has 0 aromatic carbocycles. The molecule has 0 unspecified atom stereocenters. The van der Waals surface area contributed by atoms with E-state index in [-0.39, 0.29) is 5.54 Å². The van der Waals surface area contributed by atoms with Gasteiger partial charge in [-0.25, -0.2) is 4.68 Å². The fourth-order valence-corrected chi connectivity index (χ4v) is 1.77. The molecule has 0 saturated carbocycles. The maximum Gasteiger partial charge on any atom is 0.102 e. The molecule has 2 aromatic rings. The summed E-state index contributed by atoms with van der Waals surface area (Å²) in [4.78, 5) is 4.43. The van der Waals surface area contributed by atoms with Crippen LogP contribution in [-0.4, -0.2) is 20.0 Å². The number of aryl methyl sites for hydroxylation is 2. The Kier molecular flexibility index (Phi) is 3.55. The zero-order valence-electron chi connectivity index (χ0n) is 12.2. The van der Waals surface area contributed by atoms with Crippen LogP contribution in [0.5, 0.6) is 0 Å². The molecule has 0 aliphatic heterocycles. The summed E-state index contributed by atoms with van der Waals surface area (Å²) in [7, 11) is 0. The normalized spacial score (nSPS) is 11.6. The Bertz CT molecular complexity index is 565. The van der Waals surface area contributed by atoms with Gasteiger partial charge in [0, 0.05) is 5.69 Å². The predicted molar refractivity (Wildman–Crippen MR) is 76.1 cm³/mol. The van der Waals surface area contributed by atoms with E-state index in [0.717, 1.165) is 22.8 Å². The maximum atomic E-state index is 4.43. The molecule has 0 atom stereocenters. The lowest BCUT2D eigenvalue weighted by Gasteiger charge is -2.17. The Morgan fingerprint density at radius 1 is 1.21 bits per heavy atom. The number of nitrogens with one attached hydrogen (secondary N) is 1. The molecule has 0 aliphatic carbocycles. The molecule has 2 heterocycles. The number of pyridine rings is 1. The molecule has 1 N–H and O–H groups in total. The number of aromatic nitrogens is 4. The Balaban J connectivity index is 2.04.